The first kappa shape index (κ1) is 17.6. The zero-order valence-electron chi connectivity index (χ0n) is 15.2. The molecule has 0 aliphatic heterocycles. The molecule has 0 aliphatic rings. The number of hydrogen-bond acceptors (Lipinski definition) is 6. The van der Waals surface area contributed by atoms with Gasteiger partial charge < -0.3 is 10.3 Å². The minimum absolute atomic E-state index is 0.398. The summed E-state index contributed by atoms with van der Waals surface area (Å²) in [5, 5.41) is 7.08. The summed E-state index contributed by atoms with van der Waals surface area (Å²) in [6.07, 6.45) is 0.496. The number of benzene rings is 2. The average Bonchev–Trinajstić information content (AvgIpc) is 3.32. The van der Waals surface area contributed by atoms with Gasteiger partial charge in [0.1, 0.15) is 5.01 Å². The Morgan fingerprint density at radius 2 is 1.89 bits per heavy atom. The minimum atomic E-state index is -0.398. The second kappa shape index (κ2) is 7.42. The number of thiazole rings is 1. The van der Waals surface area contributed by atoms with Crippen molar-refractivity contribution in [3.05, 3.63) is 88.0 Å². The topological polar surface area (TPSA) is 77.8 Å². The molecule has 0 amide bonds. The number of nitrogens with two attached hydrogens (primary N) is 1. The summed E-state index contributed by atoms with van der Waals surface area (Å²) < 4.78 is 5.39. The maximum Gasteiger partial charge on any atom is 0.232 e. The van der Waals surface area contributed by atoms with Gasteiger partial charge in [-0.25, -0.2) is 4.98 Å². The molecule has 6 heteroatoms. The highest BCUT2D eigenvalue weighted by Gasteiger charge is 2.17. The molecule has 136 valence electrons. The molecule has 0 saturated heterocycles. The quantitative estimate of drug-likeness (QED) is 0.557. The maximum atomic E-state index is 6.23. The van der Waals surface area contributed by atoms with E-state index in [1.54, 1.807) is 11.3 Å². The number of nitrogens with zero attached hydrogens (tertiary/aromatic N) is 3. The Morgan fingerprint density at radius 3 is 2.67 bits per heavy atom. The monoisotopic (exact) mass is 376 g/mol. The Labute approximate surface area is 161 Å². The van der Waals surface area contributed by atoms with Crippen molar-refractivity contribution in [1.29, 1.82) is 0 Å². The summed E-state index contributed by atoms with van der Waals surface area (Å²) >= 11 is 1.63. The predicted molar refractivity (Wildman–Crippen MR) is 107 cm³/mol. The van der Waals surface area contributed by atoms with E-state index < -0.39 is 6.04 Å². The molecule has 0 radical (unpaired) electrons. The van der Waals surface area contributed by atoms with E-state index in [1.165, 1.54) is 11.1 Å². The Bertz CT molecular complexity index is 1060. The highest BCUT2D eigenvalue weighted by molar-refractivity contribution is 7.13. The van der Waals surface area contributed by atoms with Crippen LogP contribution in [0.5, 0.6) is 0 Å². The van der Waals surface area contributed by atoms with E-state index >= 15 is 0 Å². The lowest BCUT2D eigenvalue weighted by Crippen LogP contribution is -2.13. The van der Waals surface area contributed by atoms with Gasteiger partial charge in [-0.3, -0.25) is 0 Å². The van der Waals surface area contributed by atoms with Crippen LogP contribution in [0.25, 0.3) is 10.6 Å². The molecule has 27 heavy (non-hydrogen) atoms. The van der Waals surface area contributed by atoms with E-state index in [0.717, 1.165) is 21.8 Å². The number of rotatable bonds is 5. The molecule has 2 heterocycles. The van der Waals surface area contributed by atoms with Gasteiger partial charge >= 0.3 is 0 Å². The van der Waals surface area contributed by atoms with Gasteiger partial charge in [0.15, 0.2) is 5.82 Å². The van der Waals surface area contributed by atoms with Crippen LogP contribution in [0, 0.1) is 13.8 Å². The van der Waals surface area contributed by atoms with E-state index in [-0.39, 0.29) is 0 Å². The molecule has 2 aromatic heterocycles. The third-order valence-corrected chi connectivity index (χ3v) is 5.34. The van der Waals surface area contributed by atoms with Crippen LogP contribution in [-0.2, 0) is 6.42 Å². The van der Waals surface area contributed by atoms with Crippen molar-refractivity contribution in [3.63, 3.8) is 0 Å². The summed E-state index contributed by atoms with van der Waals surface area (Å²) in [6.45, 7) is 4.20. The molecule has 2 aromatic carbocycles. The average molecular weight is 376 g/mol. The zero-order chi connectivity index (χ0) is 18.8. The first-order valence-corrected chi connectivity index (χ1v) is 9.63. The number of hydrogen-bond donors (Lipinski definition) is 1. The van der Waals surface area contributed by atoms with E-state index in [2.05, 4.69) is 42.2 Å². The zero-order valence-corrected chi connectivity index (χ0v) is 16.0. The van der Waals surface area contributed by atoms with Gasteiger partial charge in [0.2, 0.25) is 5.89 Å². The summed E-state index contributed by atoms with van der Waals surface area (Å²) in [7, 11) is 0. The smallest absolute Gasteiger partial charge is 0.232 e. The van der Waals surface area contributed by atoms with Crippen molar-refractivity contribution in [1.82, 2.24) is 15.1 Å². The third kappa shape index (κ3) is 3.82. The van der Waals surface area contributed by atoms with Crippen molar-refractivity contribution in [2.75, 3.05) is 0 Å². The van der Waals surface area contributed by atoms with E-state index in [0.29, 0.717) is 18.1 Å². The van der Waals surface area contributed by atoms with Crippen LogP contribution >= 0.6 is 11.3 Å². The van der Waals surface area contributed by atoms with Crippen LogP contribution in [0.4, 0.5) is 0 Å². The minimum Gasteiger partial charge on any atom is -0.339 e. The summed E-state index contributed by atoms with van der Waals surface area (Å²) in [5.74, 6) is 1.01. The van der Waals surface area contributed by atoms with Crippen LogP contribution in [0.1, 0.15) is 40.1 Å². The van der Waals surface area contributed by atoms with E-state index in [4.69, 9.17) is 15.2 Å². The molecule has 0 fully saturated rings. The van der Waals surface area contributed by atoms with Crippen LogP contribution in [0.15, 0.2) is 58.4 Å². The molecular weight excluding hydrogens is 356 g/mol. The summed E-state index contributed by atoms with van der Waals surface area (Å²) in [6, 6.07) is 15.8. The van der Waals surface area contributed by atoms with Gasteiger partial charge in [-0.1, -0.05) is 59.3 Å². The molecule has 0 spiro atoms. The summed E-state index contributed by atoms with van der Waals surface area (Å²) in [4.78, 5) is 9.19. The van der Waals surface area contributed by atoms with Crippen molar-refractivity contribution in [2.24, 2.45) is 5.73 Å². The molecule has 4 aromatic rings. The Hall–Kier alpha value is -2.83. The van der Waals surface area contributed by atoms with E-state index in [9.17, 15) is 0 Å². The van der Waals surface area contributed by atoms with Crippen LogP contribution in [-0.4, -0.2) is 15.1 Å². The molecule has 0 bridgehead atoms. The molecule has 1 atom stereocenters. The molecule has 0 aliphatic carbocycles. The highest BCUT2D eigenvalue weighted by atomic mass is 32.1. The van der Waals surface area contributed by atoms with Crippen molar-refractivity contribution in [2.45, 2.75) is 26.3 Å². The van der Waals surface area contributed by atoms with E-state index in [1.807, 2.05) is 35.7 Å². The third-order valence-electron chi connectivity index (χ3n) is 4.42. The fourth-order valence-electron chi connectivity index (χ4n) is 3.00. The SMILES string of the molecule is Cc1ccc(-c2nc(Cc3nc(C(N)c4ccccc4)no3)cs2)c(C)c1. The van der Waals surface area contributed by atoms with Crippen molar-refractivity contribution < 1.29 is 4.52 Å². The fourth-order valence-corrected chi connectivity index (χ4v) is 3.91. The molecule has 0 saturated carbocycles. The van der Waals surface area contributed by atoms with Gasteiger partial charge in [0, 0.05) is 10.9 Å². The number of aryl methyl sites for hydroxylation is 2. The summed E-state index contributed by atoms with van der Waals surface area (Å²) in [5.41, 5.74) is 11.7. The molecular formula is C21H20N4OS. The van der Waals surface area contributed by atoms with Gasteiger partial charge in [-0.05, 0) is 25.0 Å². The molecule has 2 N–H and O–H groups in total. The Morgan fingerprint density at radius 1 is 1.07 bits per heavy atom. The Kier molecular flexibility index (Phi) is 4.83. The van der Waals surface area contributed by atoms with Crippen LogP contribution < -0.4 is 5.73 Å². The van der Waals surface area contributed by atoms with Crippen LogP contribution in [0.3, 0.4) is 0 Å². The molecule has 4 rings (SSSR count). The highest BCUT2D eigenvalue weighted by Crippen LogP contribution is 2.28. The second-order valence-corrected chi connectivity index (χ2v) is 7.43. The lowest BCUT2D eigenvalue weighted by Gasteiger charge is -2.05. The molecule has 1 unspecified atom stereocenters. The Balaban J connectivity index is 1.51. The lowest BCUT2D eigenvalue weighted by molar-refractivity contribution is 0.377. The van der Waals surface area contributed by atoms with Crippen molar-refractivity contribution >= 4 is 11.3 Å². The van der Waals surface area contributed by atoms with Crippen LogP contribution in [0.2, 0.25) is 0 Å². The van der Waals surface area contributed by atoms with Gasteiger partial charge in [0.05, 0.1) is 18.2 Å². The normalized spacial score (nSPS) is 12.3. The maximum absolute atomic E-state index is 6.23. The molecule has 5 nitrogen and oxygen atoms in total. The lowest BCUT2D eigenvalue weighted by atomic mass is 10.1. The first-order chi connectivity index (χ1) is 13.1. The van der Waals surface area contributed by atoms with Gasteiger partial charge in [0.25, 0.3) is 0 Å². The predicted octanol–water partition coefficient (Wildman–Crippen LogP) is 4.45. The largest absolute Gasteiger partial charge is 0.339 e. The standard InChI is InChI=1S/C21H20N4OS/c1-13-8-9-17(14(2)10-13)21-23-16(12-27-21)11-18-24-20(25-26-18)19(22)15-6-4-3-5-7-15/h3-10,12,19H,11,22H2,1-2H3. The second-order valence-electron chi connectivity index (χ2n) is 6.57. The number of aromatic nitrogens is 3. The van der Waals surface area contributed by atoms with Crippen molar-refractivity contribution in [3.8, 4) is 10.6 Å². The first-order valence-electron chi connectivity index (χ1n) is 8.75. The van der Waals surface area contributed by atoms with Gasteiger partial charge in [-0.2, -0.15) is 4.98 Å². The fraction of sp³-hybridized carbons (Fsp3) is 0.190. The van der Waals surface area contributed by atoms with Gasteiger partial charge in [-0.15, -0.1) is 11.3 Å².